The van der Waals surface area contributed by atoms with E-state index in [1.165, 1.54) is 6.92 Å². The first-order valence-electron chi connectivity index (χ1n) is 10.2. The zero-order chi connectivity index (χ0) is 23.1. The summed E-state index contributed by atoms with van der Waals surface area (Å²) in [6, 6.07) is 9.01. The van der Waals surface area contributed by atoms with Crippen LogP contribution < -0.4 is 10.6 Å². The average Bonchev–Trinajstić information content (AvgIpc) is 2.78. The van der Waals surface area contributed by atoms with Crippen LogP contribution in [0, 0.1) is 22.9 Å². The fourth-order valence-corrected chi connectivity index (χ4v) is 3.34. The van der Waals surface area contributed by atoms with Gasteiger partial charge in [0.15, 0.2) is 0 Å². The lowest BCUT2D eigenvalue weighted by atomic mass is 10.1. The van der Waals surface area contributed by atoms with Gasteiger partial charge in [-0.2, -0.15) is 0 Å². The van der Waals surface area contributed by atoms with Gasteiger partial charge in [0.1, 0.15) is 5.82 Å². The third kappa shape index (κ3) is 6.32. The Bertz CT molecular complexity index is 1010. The molecule has 0 atom stereocenters. The normalized spacial score (nSPS) is 14.1. The summed E-state index contributed by atoms with van der Waals surface area (Å²) in [6.07, 6.45) is 0.360. The molecule has 2 aromatic carbocycles. The maximum atomic E-state index is 13.9. The zero-order valence-corrected chi connectivity index (χ0v) is 17.7. The minimum Gasteiger partial charge on any atom is -0.379 e. The first-order chi connectivity index (χ1) is 15.3. The van der Waals surface area contributed by atoms with Gasteiger partial charge < -0.3 is 15.4 Å². The van der Waals surface area contributed by atoms with Crippen molar-refractivity contribution in [3.05, 3.63) is 69.0 Å². The predicted octanol–water partition coefficient (Wildman–Crippen LogP) is 2.63. The number of carbonyl (C=O) groups is 2. The Morgan fingerprint density at radius 3 is 2.69 bits per heavy atom. The predicted molar refractivity (Wildman–Crippen MR) is 116 cm³/mol. The molecule has 2 N–H and O–H groups in total. The monoisotopic (exact) mass is 444 g/mol. The second-order valence-electron chi connectivity index (χ2n) is 7.49. The minimum absolute atomic E-state index is 0.111. The number of benzene rings is 2. The van der Waals surface area contributed by atoms with Gasteiger partial charge in [0.05, 0.1) is 23.7 Å². The van der Waals surface area contributed by atoms with Gasteiger partial charge in [0, 0.05) is 49.9 Å². The molecule has 1 saturated heterocycles. The summed E-state index contributed by atoms with van der Waals surface area (Å²) < 4.78 is 19.2. The Hall–Kier alpha value is -3.37. The molecule has 1 aliphatic heterocycles. The molecule has 9 nitrogen and oxygen atoms in total. The van der Waals surface area contributed by atoms with Crippen molar-refractivity contribution in [2.45, 2.75) is 19.9 Å². The van der Waals surface area contributed by atoms with Crippen molar-refractivity contribution in [2.75, 3.05) is 38.2 Å². The maximum Gasteiger partial charge on any atom is 0.276 e. The number of halogens is 1. The lowest BCUT2D eigenvalue weighted by Gasteiger charge is -2.26. The lowest BCUT2D eigenvalue weighted by Crippen LogP contribution is -2.38. The van der Waals surface area contributed by atoms with Crippen LogP contribution in [0.4, 0.5) is 15.8 Å². The molecule has 0 bridgehead atoms. The number of carbonyl (C=O) groups excluding carboxylic acids is 2. The molecule has 2 amide bonds. The van der Waals surface area contributed by atoms with Crippen molar-refractivity contribution in [1.82, 2.24) is 10.2 Å². The van der Waals surface area contributed by atoms with Gasteiger partial charge in [0.25, 0.3) is 11.6 Å². The van der Waals surface area contributed by atoms with Gasteiger partial charge >= 0.3 is 0 Å². The van der Waals surface area contributed by atoms with E-state index in [-0.39, 0.29) is 23.6 Å². The van der Waals surface area contributed by atoms with E-state index in [2.05, 4.69) is 15.5 Å². The van der Waals surface area contributed by atoms with Crippen LogP contribution >= 0.6 is 0 Å². The molecule has 0 saturated carbocycles. The SMILES string of the molecule is Cc1c(F)cc(C(=O)NCc2cccc(NC(=O)CCN3CCOCC3)c2)cc1[N+](=O)[O-]. The standard InChI is InChI=1S/C22H25FN4O5/c1-15-19(23)12-17(13-20(15)27(30)31)22(29)24-14-16-3-2-4-18(11-16)25-21(28)5-6-26-7-9-32-10-8-26/h2-4,11-13H,5-10,14H2,1H3,(H,24,29)(H,25,28). The Morgan fingerprint density at radius 2 is 1.97 bits per heavy atom. The highest BCUT2D eigenvalue weighted by atomic mass is 19.1. The van der Waals surface area contributed by atoms with Crippen molar-refractivity contribution in [3.63, 3.8) is 0 Å². The summed E-state index contributed by atoms with van der Waals surface area (Å²) in [4.78, 5) is 37.1. The van der Waals surface area contributed by atoms with Crippen LogP contribution in [0.1, 0.15) is 27.9 Å². The summed E-state index contributed by atoms with van der Waals surface area (Å²) in [7, 11) is 0. The quantitative estimate of drug-likeness (QED) is 0.478. The van der Waals surface area contributed by atoms with E-state index in [1.807, 2.05) is 0 Å². The van der Waals surface area contributed by atoms with Crippen LogP contribution in [0.25, 0.3) is 0 Å². The average molecular weight is 444 g/mol. The van der Waals surface area contributed by atoms with E-state index in [1.54, 1.807) is 24.3 Å². The van der Waals surface area contributed by atoms with E-state index in [9.17, 15) is 24.1 Å². The number of anilines is 1. The molecule has 1 heterocycles. The number of nitro benzene ring substituents is 1. The number of nitrogens with one attached hydrogen (secondary N) is 2. The zero-order valence-electron chi connectivity index (χ0n) is 17.7. The number of nitrogens with zero attached hydrogens (tertiary/aromatic N) is 2. The smallest absolute Gasteiger partial charge is 0.276 e. The van der Waals surface area contributed by atoms with Gasteiger partial charge in [0.2, 0.25) is 5.91 Å². The Kier molecular flexibility index (Phi) is 7.85. The highest BCUT2D eigenvalue weighted by Gasteiger charge is 2.19. The van der Waals surface area contributed by atoms with Crippen LogP contribution in [0.3, 0.4) is 0 Å². The number of hydrogen-bond acceptors (Lipinski definition) is 6. The molecule has 32 heavy (non-hydrogen) atoms. The lowest BCUT2D eigenvalue weighted by molar-refractivity contribution is -0.385. The molecule has 1 fully saturated rings. The summed E-state index contributed by atoms with van der Waals surface area (Å²) in [5.74, 6) is -1.56. The van der Waals surface area contributed by atoms with Gasteiger partial charge in [-0.1, -0.05) is 12.1 Å². The fraction of sp³-hybridized carbons (Fsp3) is 0.364. The van der Waals surface area contributed by atoms with E-state index in [4.69, 9.17) is 4.74 Å². The van der Waals surface area contributed by atoms with Crippen molar-refractivity contribution >= 4 is 23.2 Å². The molecule has 2 aromatic rings. The second-order valence-corrected chi connectivity index (χ2v) is 7.49. The number of nitro groups is 1. The molecule has 1 aliphatic rings. The molecule has 3 rings (SSSR count). The topological polar surface area (TPSA) is 114 Å². The largest absolute Gasteiger partial charge is 0.379 e. The number of morpholine rings is 1. The number of ether oxygens (including phenoxy) is 1. The molecule has 170 valence electrons. The van der Waals surface area contributed by atoms with Crippen molar-refractivity contribution in [1.29, 1.82) is 0 Å². The van der Waals surface area contributed by atoms with Gasteiger partial charge in [-0.3, -0.25) is 24.6 Å². The second kappa shape index (κ2) is 10.8. The van der Waals surface area contributed by atoms with Crippen LogP contribution in [-0.4, -0.2) is 54.5 Å². The number of amides is 2. The van der Waals surface area contributed by atoms with E-state index in [0.29, 0.717) is 37.4 Å². The molecule has 0 spiro atoms. The fourth-order valence-electron chi connectivity index (χ4n) is 3.34. The first-order valence-corrected chi connectivity index (χ1v) is 10.2. The van der Waals surface area contributed by atoms with Crippen LogP contribution in [-0.2, 0) is 16.1 Å². The summed E-state index contributed by atoms with van der Waals surface area (Å²) in [5.41, 5.74) is 0.611. The number of rotatable bonds is 8. The molecular weight excluding hydrogens is 419 g/mol. The highest BCUT2D eigenvalue weighted by molar-refractivity contribution is 5.95. The first kappa shape index (κ1) is 23.3. The maximum absolute atomic E-state index is 13.9. The highest BCUT2D eigenvalue weighted by Crippen LogP contribution is 2.23. The van der Waals surface area contributed by atoms with Crippen molar-refractivity contribution in [2.24, 2.45) is 0 Å². The van der Waals surface area contributed by atoms with Gasteiger partial charge in [-0.15, -0.1) is 0 Å². The molecule has 0 aliphatic carbocycles. The van der Waals surface area contributed by atoms with E-state index < -0.39 is 22.3 Å². The Morgan fingerprint density at radius 1 is 1.22 bits per heavy atom. The molecule has 0 aromatic heterocycles. The molecule has 0 radical (unpaired) electrons. The number of hydrogen-bond donors (Lipinski definition) is 2. The summed E-state index contributed by atoms with van der Waals surface area (Å²) >= 11 is 0. The van der Waals surface area contributed by atoms with Crippen molar-refractivity contribution in [3.8, 4) is 0 Å². The van der Waals surface area contributed by atoms with Crippen LogP contribution in [0.5, 0.6) is 0 Å². The molecular formula is C22H25FN4O5. The van der Waals surface area contributed by atoms with Crippen LogP contribution in [0.2, 0.25) is 0 Å². The Labute approximate surface area is 184 Å². The summed E-state index contributed by atoms with van der Waals surface area (Å²) in [6.45, 7) is 5.04. The van der Waals surface area contributed by atoms with Crippen LogP contribution in [0.15, 0.2) is 36.4 Å². The van der Waals surface area contributed by atoms with E-state index >= 15 is 0 Å². The van der Waals surface area contributed by atoms with E-state index in [0.717, 1.165) is 25.2 Å². The minimum atomic E-state index is -0.814. The third-order valence-electron chi connectivity index (χ3n) is 5.20. The molecule has 10 heteroatoms. The van der Waals surface area contributed by atoms with Crippen molar-refractivity contribution < 1.29 is 23.6 Å². The molecule has 0 unspecified atom stereocenters. The Balaban J connectivity index is 1.55. The van der Waals surface area contributed by atoms with Gasteiger partial charge in [-0.25, -0.2) is 4.39 Å². The van der Waals surface area contributed by atoms with Gasteiger partial charge in [-0.05, 0) is 30.7 Å². The third-order valence-corrected chi connectivity index (χ3v) is 5.20. The summed E-state index contributed by atoms with van der Waals surface area (Å²) in [5, 5.41) is 16.5.